The van der Waals surface area contributed by atoms with Crippen molar-refractivity contribution in [3.8, 4) is 0 Å². The van der Waals surface area contributed by atoms with Gasteiger partial charge in [0.25, 0.3) is 21.8 Å². The van der Waals surface area contributed by atoms with E-state index in [1.807, 2.05) is 6.92 Å². The number of fused-ring (bicyclic) bond motifs is 2. The Kier molecular flexibility index (Phi) is 7.05. The standard InChI is InChI=1S/C30H28N2O7S/c1-3-39-29(36)30(16-18-31-27(34)22-8-4-5-9-23(22)28(31)35)17-19-32(25-11-7-6-10-24(25)26(30)33)40(37,38)21-14-12-20(2)13-15-21/h4-15H,3,16-19H2,1-2H3. The molecule has 0 radical (unpaired) electrons. The summed E-state index contributed by atoms with van der Waals surface area (Å²) in [6.07, 6.45) is -0.420. The number of benzene rings is 3. The number of Topliss-reactive ketones (excluding diaryl/α,β-unsaturated/α-hetero) is 1. The molecule has 0 fully saturated rings. The van der Waals surface area contributed by atoms with Crippen molar-refractivity contribution in [2.24, 2.45) is 5.41 Å². The van der Waals surface area contributed by atoms with Gasteiger partial charge in [-0.15, -0.1) is 0 Å². The summed E-state index contributed by atoms with van der Waals surface area (Å²) < 4.78 is 34.1. The number of rotatable bonds is 7. The number of anilines is 1. The highest BCUT2D eigenvalue weighted by molar-refractivity contribution is 7.92. The van der Waals surface area contributed by atoms with Crippen LogP contribution in [0.25, 0.3) is 0 Å². The van der Waals surface area contributed by atoms with Crippen molar-refractivity contribution in [3.05, 3.63) is 95.1 Å². The summed E-state index contributed by atoms with van der Waals surface area (Å²) in [6, 6.07) is 19.0. The van der Waals surface area contributed by atoms with Crippen LogP contribution in [0.15, 0.2) is 77.7 Å². The number of hydrogen-bond acceptors (Lipinski definition) is 7. The number of imide groups is 1. The number of sulfonamides is 1. The molecule has 0 N–H and O–H groups in total. The van der Waals surface area contributed by atoms with Crippen molar-refractivity contribution in [3.63, 3.8) is 0 Å². The van der Waals surface area contributed by atoms with Crippen molar-refractivity contribution in [1.29, 1.82) is 0 Å². The average Bonchev–Trinajstić information content (AvgIpc) is 3.11. The lowest BCUT2D eigenvalue weighted by Gasteiger charge is -2.30. The Balaban J connectivity index is 1.55. The molecule has 3 aromatic rings. The molecule has 40 heavy (non-hydrogen) atoms. The van der Waals surface area contributed by atoms with E-state index in [0.717, 1.165) is 14.8 Å². The van der Waals surface area contributed by atoms with Gasteiger partial charge in [0, 0.05) is 18.7 Å². The van der Waals surface area contributed by atoms with Gasteiger partial charge in [0.05, 0.1) is 28.3 Å². The van der Waals surface area contributed by atoms with E-state index in [2.05, 4.69) is 0 Å². The van der Waals surface area contributed by atoms with Crippen molar-refractivity contribution >= 4 is 39.3 Å². The SMILES string of the molecule is CCOC(=O)C1(CCN2C(=O)c3ccccc3C2=O)CCN(S(=O)(=O)c2ccc(C)cc2)c2ccccc2C1=O. The van der Waals surface area contributed by atoms with Crippen molar-refractivity contribution < 1.29 is 32.3 Å². The van der Waals surface area contributed by atoms with Gasteiger partial charge >= 0.3 is 5.97 Å². The predicted molar refractivity (Wildman–Crippen MR) is 147 cm³/mol. The maximum absolute atomic E-state index is 14.2. The minimum atomic E-state index is -4.10. The van der Waals surface area contributed by atoms with E-state index in [1.165, 1.54) is 24.3 Å². The van der Waals surface area contributed by atoms with Gasteiger partial charge in [-0.3, -0.25) is 28.4 Å². The third-order valence-corrected chi connectivity index (χ3v) is 9.34. The number of ketones is 1. The molecule has 9 nitrogen and oxygen atoms in total. The fraction of sp³-hybridized carbons (Fsp3) is 0.267. The van der Waals surface area contributed by atoms with Crippen LogP contribution in [0.2, 0.25) is 0 Å². The van der Waals surface area contributed by atoms with Gasteiger partial charge in [0.15, 0.2) is 5.78 Å². The number of esters is 1. The van der Waals surface area contributed by atoms with Gasteiger partial charge in [0.1, 0.15) is 5.41 Å². The number of hydrogen-bond donors (Lipinski definition) is 0. The Labute approximate surface area is 232 Å². The quantitative estimate of drug-likeness (QED) is 0.243. The molecule has 3 aromatic carbocycles. The van der Waals surface area contributed by atoms with Gasteiger partial charge in [-0.2, -0.15) is 0 Å². The first-order chi connectivity index (χ1) is 19.1. The minimum absolute atomic E-state index is 0.00605. The van der Waals surface area contributed by atoms with E-state index < -0.39 is 39.0 Å². The molecule has 5 rings (SSSR count). The number of ether oxygens (including phenoxy) is 1. The molecule has 0 saturated heterocycles. The summed E-state index contributed by atoms with van der Waals surface area (Å²) >= 11 is 0. The van der Waals surface area contributed by atoms with E-state index in [0.29, 0.717) is 0 Å². The zero-order valence-corrected chi connectivity index (χ0v) is 22.9. The van der Waals surface area contributed by atoms with Crippen LogP contribution in [-0.2, 0) is 19.6 Å². The Morgan fingerprint density at radius 2 is 1.45 bits per heavy atom. The van der Waals surface area contributed by atoms with Crippen LogP contribution in [0.4, 0.5) is 5.69 Å². The molecule has 2 amide bonds. The zero-order chi connectivity index (χ0) is 28.7. The number of carbonyl (C=O) groups excluding carboxylic acids is 4. The van der Waals surface area contributed by atoms with E-state index in [-0.39, 0.29) is 59.8 Å². The molecular weight excluding hydrogens is 532 g/mol. The average molecular weight is 561 g/mol. The van der Waals surface area contributed by atoms with E-state index in [1.54, 1.807) is 55.5 Å². The highest BCUT2D eigenvalue weighted by Gasteiger charge is 2.52. The van der Waals surface area contributed by atoms with Crippen molar-refractivity contribution in [2.75, 3.05) is 24.0 Å². The van der Waals surface area contributed by atoms with E-state index >= 15 is 0 Å². The number of nitrogens with zero attached hydrogens (tertiary/aromatic N) is 2. The number of para-hydroxylation sites is 1. The molecule has 10 heteroatoms. The Morgan fingerprint density at radius 3 is 2.05 bits per heavy atom. The molecule has 2 aliphatic heterocycles. The lowest BCUT2D eigenvalue weighted by Crippen LogP contribution is -2.45. The maximum atomic E-state index is 14.2. The first-order valence-corrected chi connectivity index (χ1v) is 14.4. The van der Waals surface area contributed by atoms with Crippen LogP contribution in [0.1, 0.15) is 56.4 Å². The van der Waals surface area contributed by atoms with Crippen LogP contribution in [0.3, 0.4) is 0 Å². The monoisotopic (exact) mass is 560 g/mol. The molecule has 1 unspecified atom stereocenters. The van der Waals surface area contributed by atoms with Gasteiger partial charge in [-0.05, 0) is 63.1 Å². The number of carbonyl (C=O) groups is 4. The lowest BCUT2D eigenvalue weighted by molar-refractivity contribution is -0.153. The molecule has 0 spiro atoms. The maximum Gasteiger partial charge on any atom is 0.320 e. The second kappa shape index (κ2) is 10.3. The molecule has 0 bridgehead atoms. The number of amides is 2. The molecule has 2 heterocycles. The Bertz CT molecular complexity index is 1600. The minimum Gasteiger partial charge on any atom is -0.465 e. The fourth-order valence-electron chi connectivity index (χ4n) is 5.30. The summed E-state index contributed by atoms with van der Waals surface area (Å²) in [7, 11) is -4.10. The van der Waals surface area contributed by atoms with Crippen LogP contribution < -0.4 is 4.31 Å². The molecule has 206 valence electrons. The normalized spacial score (nSPS) is 18.8. The lowest BCUT2D eigenvalue weighted by atomic mass is 9.75. The van der Waals surface area contributed by atoms with Gasteiger partial charge < -0.3 is 4.74 Å². The Hall–Kier alpha value is -4.31. The largest absolute Gasteiger partial charge is 0.465 e. The van der Waals surface area contributed by atoms with Gasteiger partial charge in [0.2, 0.25) is 0 Å². The fourth-order valence-corrected chi connectivity index (χ4v) is 6.79. The first kappa shape index (κ1) is 27.3. The smallest absolute Gasteiger partial charge is 0.320 e. The molecule has 2 aliphatic rings. The molecule has 0 aliphatic carbocycles. The van der Waals surface area contributed by atoms with Gasteiger partial charge in [-0.1, -0.05) is 42.0 Å². The van der Waals surface area contributed by atoms with E-state index in [4.69, 9.17) is 4.74 Å². The first-order valence-electron chi connectivity index (χ1n) is 13.0. The van der Waals surface area contributed by atoms with E-state index in [9.17, 15) is 27.6 Å². The van der Waals surface area contributed by atoms with Crippen LogP contribution in [0, 0.1) is 12.3 Å². The summed E-state index contributed by atoms with van der Waals surface area (Å²) in [6.45, 7) is 3.04. The predicted octanol–water partition coefficient (Wildman–Crippen LogP) is 4.01. The summed E-state index contributed by atoms with van der Waals surface area (Å²) in [5.74, 6) is -2.45. The third kappa shape index (κ3) is 4.38. The molecular formula is C30H28N2O7S. The summed E-state index contributed by atoms with van der Waals surface area (Å²) in [5.41, 5.74) is -0.221. The molecule has 0 saturated carbocycles. The number of aryl methyl sites for hydroxylation is 1. The Morgan fingerprint density at radius 1 is 0.875 bits per heavy atom. The van der Waals surface area contributed by atoms with Gasteiger partial charge in [-0.25, -0.2) is 8.42 Å². The third-order valence-electron chi connectivity index (χ3n) is 7.51. The topological polar surface area (TPSA) is 118 Å². The zero-order valence-electron chi connectivity index (χ0n) is 22.1. The summed E-state index contributed by atoms with van der Waals surface area (Å²) in [4.78, 5) is 54.8. The highest BCUT2D eigenvalue weighted by Crippen LogP contribution is 2.42. The van der Waals surface area contributed by atoms with Crippen LogP contribution in [0.5, 0.6) is 0 Å². The van der Waals surface area contributed by atoms with Crippen molar-refractivity contribution in [1.82, 2.24) is 4.90 Å². The summed E-state index contributed by atoms with van der Waals surface area (Å²) in [5, 5.41) is 0. The molecule has 1 atom stereocenters. The second-order valence-electron chi connectivity index (χ2n) is 9.85. The highest BCUT2D eigenvalue weighted by atomic mass is 32.2. The van der Waals surface area contributed by atoms with Crippen molar-refractivity contribution in [2.45, 2.75) is 31.6 Å². The van der Waals surface area contributed by atoms with Crippen LogP contribution >= 0.6 is 0 Å². The van der Waals surface area contributed by atoms with Crippen LogP contribution in [-0.4, -0.2) is 56.6 Å². The molecule has 0 aromatic heterocycles. The second-order valence-corrected chi connectivity index (χ2v) is 11.7.